The minimum absolute atomic E-state index is 0.0157. The smallest absolute Gasteiger partial charge is 0.306 e. The van der Waals surface area contributed by atoms with E-state index in [-0.39, 0.29) is 23.8 Å². The fourth-order valence-electron chi connectivity index (χ4n) is 5.46. The molecule has 7 nitrogen and oxygen atoms in total. The second-order valence-electron chi connectivity index (χ2n) is 9.90. The Morgan fingerprint density at radius 3 is 2.92 bits per heavy atom. The van der Waals surface area contributed by atoms with Gasteiger partial charge in [-0.1, -0.05) is 18.2 Å². The number of benzene rings is 3. The van der Waals surface area contributed by atoms with Crippen molar-refractivity contribution in [2.24, 2.45) is 0 Å². The number of nitrogens with zero attached hydrogens (tertiary/aromatic N) is 2. The molecule has 1 unspecified atom stereocenters. The van der Waals surface area contributed by atoms with Gasteiger partial charge in [0.15, 0.2) is 0 Å². The van der Waals surface area contributed by atoms with Gasteiger partial charge < -0.3 is 19.5 Å². The van der Waals surface area contributed by atoms with Crippen LogP contribution < -0.4 is 10.1 Å². The van der Waals surface area contributed by atoms with Crippen LogP contribution in [0.4, 0.5) is 10.1 Å². The lowest BCUT2D eigenvalue weighted by Crippen LogP contribution is -2.10. The molecule has 2 atom stereocenters. The molecule has 3 aromatic carbocycles. The van der Waals surface area contributed by atoms with Crippen LogP contribution in [0.2, 0.25) is 0 Å². The lowest BCUT2D eigenvalue weighted by atomic mass is 9.97. The van der Waals surface area contributed by atoms with Gasteiger partial charge in [0, 0.05) is 42.5 Å². The van der Waals surface area contributed by atoms with E-state index in [4.69, 9.17) is 19.2 Å². The number of imidazole rings is 1. The number of aromatic nitrogens is 2. The van der Waals surface area contributed by atoms with Crippen molar-refractivity contribution < 1.29 is 23.4 Å². The highest BCUT2D eigenvalue weighted by atomic mass is 19.1. The third-order valence-electron chi connectivity index (χ3n) is 7.54. The van der Waals surface area contributed by atoms with Crippen molar-refractivity contribution in [1.82, 2.24) is 9.55 Å². The van der Waals surface area contributed by atoms with Crippen LogP contribution >= 0.6 is 0 Å². The summed E-state index contributed by atoms with van der Waals surface area (Å²) in [6.45, 7) is 3.90. The number of hydrogen-bond acceptors (Lipinski definition) is 6. The number of anilines is 1. The number of ether oxygens (including phenoxy) is 3. The van der Waals surface area contributed by atoms with Crippen molar-refractivity contribution in [1.29, 1.82) is 0 Å². The molecule has 2 aliphatic rings. The van der Waals surface area contributed by atoms with E-state index >= 15 is 0 Å². The predicted octanol–water partition coefficient (Wildman–Crippen LogP) is 5.98. The molecule has 38 heavy (non-hydrogen) atoms. The topological polar surface area (TPSA) is 74.6 Å². The third kappa shape index (κ3) is 4.49. The molecular weight excluding hydrogens is 485 g/mol. The first-order chi connectivity index (χ1) is 18.5. The minimum atomic E-state index is -0.300. The first-order valence-electron chi connectivity index (χ1n) is 13.0. The Morgan fingerprint density at radius 2 is 2.11 bits per heavy atom. The Balaban J connectivity index is 1.27. The summed E-state index contributed by atoms with van der Waals surface area (Å²) in [5, 5.41) is 3.51. The SMILES string of the molecule is COC(=O)C[C@@H]1COc2cc(NCc3cccc(-n4c(C5CCCO5)nc5cc(F)ccc54)c3C)ccc21. The summed E-state index contributed by atoms with van der Waals surface area (Å²) in [5.41, 5.74) is 6.71. The van der Waals surface area contributed by atoms with Gasteiger partial charge in [-0.15, -0.1) is 0 Å². The maximum absolute atomic E-state index is 14.0. The fourth-order valence-corrected chi connectivity index (χ4v) is 5.46. The number of esters is 1. The van der Waals surface area contributed by atoms with Crippen molar-refractivity contribution >= 4 is 22.7 Å². The van der Waals surface area contributed by atoms with Crippen molar-refractivity contribution in [2.75, 3.05) is 25.6 Å². The predicted molar refractivity (Wildman–Crippen MR) is 142 cm³/mol. The van der Waals surface area contributed by atoms with Crippen LogP contribution in [0.1, 0.15) is 53.8 Å². The zero-order chi connectivity index (χ0) is 26.2. The molecule has 3 heterocycles. The molecule has 1 aromatic heterocycles. The van der Waals surface area contributed by atoms with Crippen molar-refractivity contribution in [3.8, 4) is 11.4 Å². The van der Waals surface area contributed by atoms with Gasteiger partial charge in [0.2, 0.25) is 0 Å². The Morgan fingerprint density at radius 1 is 1.21 bits per heavy atom. The fraction of sp³-hybridized carbons (Fsp3) is 0.333. The van der Waals surface area contributed by atoms with Gasteiger partial charge in [0.05, 0.1) is 36.9 Å². The van der Waals surface area contributed by atoms with Crippen LogP contribution in [0, 0.1) is 12.7 Å². The Kier molecular flexibility index (Phi) is 6.49. The molecule has 0 saturated carbocycles. The minimum Gasteiger partial charge on any atom is -0.493 e. The number of carbonyl (C=O) groups is 1. The summed E-state index contributed by atoms with van der Waals surface area (Å²) in [5.74, 6) is 1.09. The molecule has 1 fully saturated rings. The average Bonchev–Trinajstić information content (AvgIpc) is 3.67. The molecule has 196 valence electrons. The second kappa shape index (κ2) is 10.1. The number of methoxy groups -OCH3 is 1. The van der Waals surface area contributed by atoms with Crippen LogP contribution in [0.3, 0.4) is 0 Å². The van der Waals surface area contributed by atoms with Crippen molar-refractivity contribution in [2.45, 2.75) is 44.8 Å². The highest BCUT2D eigenvalue weighted by molar-refractivity contribution is 5.79. The van der Waals surface area contributed by atoms with E-state index in [0.717, 1.165) is 58.0 Å². The zero-order valence-corrected chi connectivity index (χ0v) is 21.5. The quantitative estimate of drug-likeness (QED) is 0.306. The molecule has 4 aromatic rings. The normalized spacial score (nSPS) is 18.4. The molecule has 0 radical (unpaired) electrons. The Labute approximate surface area is 220 Å². The molecule has 0 aliphatic carbocycles. The highest BCUT2D eigenvalue weighted by Gasteiger charge is 2.28. The Bertz CT molecular complexity index is 1510. The summed E-state index contributed by atoms with van der Waals surface area (Å²) in [6, 6.07) is 17.0. The van der Waals surface area contributed by atoms with Crippen molar-refractivity contribution in [3.05, 3.63) is 82.9 Å². The van der Waals surface area contributed by atoms with Gasteiger partial charge in [-0.25, -0.2) is 9.37 Å². The number of halogens is 1. The summed E-state index contributed by atoms with van der Waals surface area (Å²) < 4.78 is 32.8. The summed E-state index contributed by atoms with van der Waals surface area (Å²) in [6.07, 6.45) is 2.08. The van der Waals surface area contributed by atoms with Gasteiger partial charge in [0.25, 0.3) is 0 Å². The van der Waals surface area contributed by atoms with Crippen LogP contribution in [0.25, 0.3) is 16.7 Å². The molecule has 0 spiro atoms. The molecule has 0 bridgehead atoms. The monoisotopic (exact) mass is 515 g/mol. The molecular formula is C30H30FN3O4. The van der Waals surface area contributed by atoms with E-state index in [1.807, 2.05) is 24.3 Å². The zero-order valence-electron chi connectivity index (χ0n) is 21.5. The second-order valence-corrected chi connectivity index (χ2v) is 9.90. The number of rotatable bonds is 7. The van der Waals surface area contributed by atoms with E-state index in [2.05, 4.69) is 28.9 Å². The van der Waals surface area contributed by atoms with Crippen LogP contribution in [0.15, 0.2) is 54.6 Å². The number of carbonyl (C=O) groups excluding carboxylic acids is 1. The Hall–Kier alpha value is -3.91. The van der Waals surface area contributed by atoms with Gasteiger partial charge in [0.1, 0.15) is 23.5 Å². The van der Waals surface area contributed by atoms with Gasteiger partial charge in [-0.3, -0.25) is 9.36 Å². The first kappa shape index (κ1) is 24.4. The molecule has 6 rings (SSSR count). The van der Waals surface area contributed by atoms with Crippen molar-refractivity contribution in [3.63, 3.8) is 0 Å². The lowest BCUT2D eigenvalue weighted by molar-refractivity contribution is -0.141. The number of fused-ring (bicyclic) bond motifs is 2. The molecule has 8 heteroatoms. The van der Waals surface area contributed by atoms with Crippen LogP contribution in [-0.2, 0) is 20.8 Å². The van der Waals surface area contributed by atoms with E-state index < -0.39 is 0 Å². The van der Waals surface area contributed by atoms with Gasteiger partial charge in [-0.2, -0.15) is 0 Å². The van der Waals surface area contributed by atoms with E-state index in [1.165, 1.54) is 19.2 Å². The van der Waals surface area contributed by atoms with E-state index in [0.29, 0.717) is 31.7 Å². The van der Waals surface area contributed by atoms with Crippen LogP contribution in [-0.4, -0.2) is 35.8 Å². The maximum Gasteiger partial charge on any atom is 0.306 e. The molecule has 2 aliphatic heterocycles. The number of hydrogen-bond donors (Lipinski definition) is 1. The lowest BCUT2D eigenvalue weighted by Gasteiger charge is -2.18. The van der Waals surface area contributed by atoms with Gasteiger partial charge >= 0.3 is 5.97 Å². The summed E-state index contributed by atoms with van der Waals surface area (Å²) >= 11 is 0. The molecule has 0 amide bonds. The molecule has 1 N–H and O–H groups in total. The van der Waals surface area contributed by atoms with Gasteiger partial charge in [-0.05, 0) is 55.2 Å². The third-order valence-corrected chi connectivity index (χ3v) is 7.54. The van der Waals surface area contributed by atoms with E-state index in [1.54, 1.807) is 6.07 Å². The standard InChI is InChI=1S/C30H30FN3O4/c1-18-19(16-32-22-9-10-23-20(13-29(35)36-2)17-38-28(23)15-22)5-3-6-25(18)34-26-11-8-21(31)14-24(26)33-30(34)27-7-4-12-37-27/h3,5-6,8-11,14-15,20,27,32H,4,7,12-13,16-17H2,1-2H3/t20-,27?/m1/s1. The summed E-state index contributed by atoms with van der Waals surface area (Å²) in [7, 11) is 1.40. The molecule has 1 saturated heterocycles. The van der Waals surface area contributed by atoms with Crippen LogP contribution in [0.5, 0.6) is 5.75 Å². The summed E-state index contributed by atoms with van der Waals surface area (Å²) in [4.78, 5) is 16.5. The first-order valence-corrected chi connectivity index (χ1v) is 13.0. The average molecular weight is 516 g/mol. The largest absolute Gasteiger partial charge is 0.493 e. The van der Waals surface area contributed by atoms with E-state index in [9.17, 15) is 9.18 Å². The highest BCUT2D eigenvalue weighted by Crippen LogP contribution is 2.38. The maximum atomic E-state index is 14.0. The number of nitrogens with one attached hydrogen (secondary N) is 1.